The Morgan fingerprint density at radius 3 is 2.59 bits per heavy atom. The molecule has 0 saturated heterocycles. The fourth-order valence-corrected chi connectivity index (χ4v) is 3.84. The van der Waals surface area contributed by atoms with Crippen LogP contribution in [0.3, 0.4) is 0 Å². The molecular weight excluding hydrogens is 420 g/mol. The summed E-state index contributed by atoms with van der Waals surface area (Å²) < 4.78 is 4.22. The SMILES string of the molecule is C=CC[n+]1ccsc1/N=N/c1c(-c2ccccc2)n(C)c2ccccc12.[Br-]. The van der Waals surface area contributed by atoms with Gasteiger partial charge in [-0.3, -0.25) is 0 Å². The van der Waals surface area contributed by atoms with Crippen molar-refractivity contribution in [3.63, 3.8) is 0 Å². The molecule has 0 spiro atoms. The summed E-state index contributed by atoms with van der Waals surface area (Å²) >= 11 is 1.57. The summed E-state index contributed by atoms with van der Waals surface area (Å²) in [6.45, 7) is 4.52. The van der Waals surface area contributed by atoms with Gasteiger partial charge in [0.1, 0.15) is 18.4 Å². The van der Waals surface area contributed by atoms with Gasteiger partial charge >= 0.3 is 5.13 Å². The van der Waals surface area contributed by atoms with Gasteiger partial charge in [0.15, 0.2) is 0 Å². The van der Waals surface area contributed by atoms with Gasteiger partial charge in [0, 0.05) is 23.4 Å². The molecular formula is C21H19BrN4S. The molecule has 0 aliphatic rings. The number of azo groups is 1. The van der Waals surface area contributed by atoms with Crippen molar-refractivity contribution in [3.8, 4) is 11.3 Å². The fraction of sp³-hybridized carbons (Fsp3) is 0.0952. The second kappa shape index (κ2) is 8.41. The molecule has 0 saturated carbocycles. The number of rotatable bonds is 5. The van der Waals surface area contributed by atoms with E-state index < -0.39 is 0 Å². The smallest absolute Gasteiger partial charge is 0.408 e. The number of aryl methyl sites for hydroxylation is 1. The number of halogens is 1. The Balaban J connectivity index is 0.00000210. The first-order valence-corrected chi connectivity index (χ1v) is 9.30. The maximum atomic E-state index is 4.68. The van der Waals surface area contributed by atoms with Crippen LogP contribution in [0.1, 0.15) is 0 Å². The van der Waals surface area contributed by atoms with E-state index in [2.05, 4.69) is 58.8 Å². The van der Waals surface area contributed by atoms with Gasteiger partial charge in [-0.2, -0.15) is 0 Å². The molecule has 0 atom stereocenters. The van der Waals surface area contributed by atoms with Crippen molar-refractivity contribution in [1.29, 1.82) is 0 Å². The van der Waals surface area contributed by atoms with Crippen molar-refractivity contribution >= 4 is 33.1 Å². The van der Waals surface area contributed by atoms with E-state index in [-0.39, 0.29) is 17.0 Å². The molecule has 0 unspecified atom stereocenters. The number of allylic oxidation sites excluding steroid dienone is 1. The highest BCUT2D eigenvalue weighted by Gasteiger charge is 2.19. The zero-order chi connectivity index (χ0) is 17.9. The average Bonchev–Trinajstić information content (AvgIpc) is 3.23. The van der Waals surface area contributed by atoms with Crippen molar-refractivity contribution in [3.05, 3.63) is 78.8 Å². The van der Waals surface area contributed by atoms with Crippen LogP contribution in [0.25, 0.3) is 22.2 Å². The largest absolute Gasteiger partial charge is 1.00 e. The van der Waals surface area contributed by atoms with Crippen LogP contribution in [0.4, 0.5) is 10.8 Å². The predicted octanol–water partition coefficient (Wildman–Crippen LogP) is 2.80. The molecule has 0 radical (unpaired) electrons. The molecule has 136 valence electrons. The van der Waals surface area contributed by atoms with E-state index in [1.807, 2.05) is 46.5 Å². The topological polar surface area (TPSA) is 33.5 Å². The third kappa shape index (κ3) is 3.63. The van der Waals surface area contributed by atoms with Gasteiger partial charge in [0.25, 0.3) is 0 Å². The second-order valence-corrected chi connectivity index (χ2v) is 6.84. The lowest BCUT2D eigenvalue weighted by Crippen LogP contribution is -3.00. The molecule has 0 amide bonds. The standard InChI is InChI=1S/C21H19N4S.BrH/c1-3-13-25-14-15-26-21(25)23-22-19-17-11-7-8-12-18(17)24(2)20(19)16-9-5-4-6-10-16;/h3-12,14-15H,1,13H2,2H3;1H/q+1;/p-1. The summed E-state index contributed by atoms with van der Waals surface area (Å²) in [6, 6.07) is 18.6. The molecule has 27 heavy (non-hydrogen) atoms. The summed E-state index contributed by atoms with van der Waals surface area (Å²) in [5.74, 6) is 0. The maximum Gasteiger partial charge on any atom is 0.408 e. The van der Waals surface area contributed by atoms with Crippen LogP contribution in [0.2, 0.25) is 0 Å². The highest BCUT2D eigenvalue weighted by Crippen LogP contribution is 2.40. The van der Waals surface area contributed by atoms with Gasteiger partial charge in [-0.15, -0.1) is 0 Å². The Kier molecular flexibility index (Phi) is 5.98. The van der Waals surface area contributed by atoms with Gasteiger partial charge < -0.3 is 21.5 Å². The van der Waals surface area contributed by atoms with Gasteiger partial charge in [0.05, 0.1) is 16.3 Å². The van der Waals surface area contributed by atoms with Crippen molar-refractivity contribution in [2.45, 2.75) is 6.54 Å². The molecule has 4 nitrogen and oxygen atoms in total. The fourth-order valence-electron chi connectivity index (χ4n) is 3.15. The van der Waals surface area contributed by atoms with E-state index in [0.717, 1.165) is 39.5 Å². The lowest BCUT2D eigenvalue weighted by atomic mass is 10.1. The second-order valence-electron chi connectivity index (χ2n) is 5.97. The summed E-state index contributed by atoms with van der Waals surface area (Å²) in [6.07, 6.45) is 3.86. The minimum atomic E-state index is 0. The summed E-state index contributed by atoms with van der Waals surface area (Å²) in [4.78, 5) is 0. The molecule has 2 heterocycles. The predicted molar refractivity (Wildman–Crippen MR) is 107 cm³/mol. The molecule has 0 aliphatic carbocycles. The first-order chi connectivity index (χ1) is 12.8. The van der Waals surface area contributed by atoms with Crippen LogP contribution < -0.4 is 21.5 Å². The third-order valence-electron chi connectivity index (χ3n) is 4.35. The van der Waals surface area contributed by atoms with E-state index in [0.29, 0.717) is 0 Å². The van der Waals surface area contributed by atoms with Crippen LogP contribution >= 0.6 is 11.3 Å². The van der Waals surface area contributed by atoms with Gasteiger partial charge in [-0.05, 0) is 22.5 Å². The zero-order valence-corrected chi connectivity index (χ0v) is 17.3. The number of thiazole rings is 1. The van der Waals surface area contributed by atoms with Crippen LogP contribution in [-0.4, -0.2) is 4.57 Å². The number of hydrogen-bond acceptors (Lipinski definition) is 3. The van der Waals surface area contributed by atoms with E-state index in [9.17, 15) is 0 Å². The molecule has 4 rings (SSSR count). The van der Waals surface area contributed by atoms with Crippen molar-refractivity contribution in [1.82, 2.24) is 4.57 Å². The molecule has 2 aromatic heterocycles. The zero-order valence-electron chi connectivity index (χ0n) is 14.9. The number of hydrogen-bond donors (Lipinski definition) is 0. The molecule has 2 aromatic carbocycles. The Hall–Kier alpha value is -2.57. The number of fused-ring (bicyclic) bond motifs is 1. The Morgan fingerprint density at radius 2 is 1.81 bits per heavy atom. The summed E-state index contributed by atoms with van der Waals surface area (Å²) in [5.41, 5.74) is 4.24. The van der Waals surface area contributed by atoms with Crippen LogP contribution in [0.5, 0.6) is 0 Å². The summed E-state index contributed by atoms with van der Waals surface area (Å²) in [5, 5.41) is 13.2. The normalized spacial score (nSPS) is 11.0. The molecule has 0 bridgehead atoms. The molecule has 6 heteroatoms. The van der Waals surface area contributed by atoms with Gasteiger partial charge in [-0.25, -0.2) is 4.57 Å². The minimum absolute atomic E-state index is 0. The average molecular weight is 439 g/mol. The Morgan fingerprint density at radius 1 is 1.07 bits per heavy atom. The molecule has 4 aromatic rings. The molecule has 0 fully saturated rings. The molecule has 0 aliphatic heterocycles. The molecule has 0 N–H and O–H groups in total. The summed E-state index contributed by atoms with van der Waals surface area (Å²) in [7, 11) is 2.08. The lowest BCUT2D eigenvalue weighted by Gasteiger charge is -2.04. The van der Waals surface area contributed by atoms with Crippen molar-refractivity contribution in [2.75, 3.05) is 0 Å². The van der Waals surface area contributed by atoms with Crippen LogP contribution in [0, 0.1) is 0 Å². The Bertz CT molecular complexity index is 1100. The third-order valence-corrected chi connectivity index (χ3v) is 5.13. The van der Waals surface area contributed by atoms with Crippen LogP contribution in [0.15, 0.2) is 89.1 Å². The maximum absolute atomic E-state index is 4.68. The highest BCUT2D eigenvalue weighted by atomic mass is 79.9. The van der Waals surface area contributed by atoms with Gasteiger partial charge in [0.2, 0.25) is 0 Å². The number of benzene rings is 2. The van der Waals surface area contributed by atoms with Crippen LogP contribution in [-0.2, 0) is 13.6 Å². The first-order valence-electron chi connectivity index (χ1n) is 8.42. The first kappa shape index (κ1) is 19.2. The number of nitrogens with zero attached hydrogens (tertiary/aromatic N) is 4. The van der Waals surface area contributed by atoms with E-state index in [1.54, 1.807) is 11.3 Å². The van der Waals surface area contributed by atoms with Gasteiger partial charge in [-0.1, -0.05) is 61.2 Å². The van der Waals surface area contributed by atoms with E-state index >= 15 is 0 Å². The van der Waals surface area contributed by atoms with Crippen molar-refractivity contribution in [2.24, 2.45) is 17.3 Å². The quantitative estimate of drug-likeness (QED) is 0.261. The van der Waals surface area contributed by atoms with Crippen molar-refractivity contribution < 1.29 is 21.5 Å². The number of aromatic nitrogens is 2. The number of para-hydroxylation sites is 1. The highest BCUT2D eigenvalue weighted by molar-refractivity contribution is 7.12. The van der Waals surface area contributed by atoms with E-state index in [1.165, 1.54) is 0 Å². The minimum Gasteiger partial charge on any atom is -1.00 e. The van der Waals surface area contributed by atoms with E-state index in [4.69, 9.17) is 0 Å². The lowest BCUT2D eigenvalue weighted by molar-refractivity contribution is -0.670. The Labute approximate surface area is 172 Å². The monoisotopic (exact) mass is 438 g/mol.